The van der Waals surface area contributed by atoms with Crippen molar-refractivity contribution in [1.29, 1.82) is 0 Å². The molecule has 0 aromatic heterocycles. The molecule has 1 aliphatic carbocycles. The van der Waals surface area contributed by atoms with Gasteiger partial charge in [-0.15, -0.1) is 0 Å². The van der Waals surface area contributed by atoms with Gasteiger partial charge in [0.1, 0.15) is 5.75 Å². The quantitative estimate of drug-likeness (QED) is 0.788. The third-order valence-corrected chi connectivity index (χ3v) is 4.08. The van der Waals surface area contributed by atoms with Gasteiger partial charge in [-0.2, -0.15) is 0 Å². The summed E-state index contributed by atoms with van der Waals surface area (Å²) >= 11 is 6.00. The highest BCUT2D eigenvalue weighted by molar-refractivity contribution is 6.30. The first-order valence-corrected chi connectivity index (χ1v) is 6.78. The zero-order valence-electron chi connectivity index (χ0n) is 10.7. The fourth-order valence-electron chi connectivity index (χ4n) is 2.66. The van der Waals surface area contributed by atoms with Crippen molar-refractivity contribution in [3.05, 3.63) is 28.3 Å². The number of hydrogen-bond donors (Lipinski definition) is 3. The number of aliphatic hydroxyl groups is 1. The standard InChI is InChI=1S/C14H20ClNO2/c1-10-6-12(15)7-11(13(10)18)8-16-14(9-17)4-2-3-5-14/h6-7,16-18H,2-5,8-9H2,1H3. The highest BCUT2D eigenvalue weighted by atomic mass is 35.5. The Labute approximate surface area is 113 Å². The van der Waals surface area contributed by atoms with E-state index in [4.69, 9.17) is 11.6 Å². The maximum absolute atomic E-state index is 9.99. The molecular formula is C14H20ClNO2. The number of nitrogens with one attached hydrogen (secondary N) is 1. The van der Waals surface area contributed by atoms with Crippen molar-refractivity contribution in [2.45, 2.75) is 44.7 Å². The predicted molar refractivity (Wildman–Crippen MR) is 73.0 cm³/mol. The molecule has 1 aromatic carbocycles. The van der Waals surface area contributed by atoms with Crippen LogP contribution in [-0.4, -0.2) is 22.4 Å². The van der Waals surface area contributed by atoms with Crippen LogP contribution in [0.25, 0.3) is 0 Å². The Kier molecular flexibility index (Phi) is 4.15. The van der Waals surface area contributed by atoms with Gasteiger partial charge in [0.25, 0.3) is 0 Å². The number of halogens is 1. The molecule has 3 N–H and O–H groups in total. The summed E-state index contributed by atoms with van der Waals surface area (Å²) in [6.07, 6.45) is 4.27. The van der Waals surface area contributed by atoms with Gasteiger partial charge in [0.05, 0.1) is 6.61 Å². The summed E-state index contributed by atoms with van der Waals surface area (Å²) in [6.45, 7) is 2.52. The second kappa shape index (κ2) is 5.47. The van der Waals surface area contributed by atoms with E-state index < -0.39 is 0 Å². The molecule has 18 heavy (non-hydrogen) atoms. The van der Waals surface area contributed by atoms with Crippen LogP contribution in [0, 0.1) is 6.92 Å². The van der Waals surface area contributed by atoms with Crippen LogP contribution in [0.3, 0.4) is 0 Å². The maximum atomic E-state index is 9.99. The summed E-state index contributed by atoms with van der Waals surface area (Å²) in [5.41, 5.74) is 1.39. The van der Waals surface area contributed by atoms with Crippen molar-refractivity contribution < 1.29 is 10.2 Å². The zero-order chi connectivity index (χ0) is 13.2. The third-order valence-electron chi connectivity index (χ3n) is 3.86. The minimum atomic E-state index is -0.178. The van der Waals surface area contributed by atoms with Gasteiger partial charge >= 0.3 is 0 Å². The van der Waals surface area contributed by atoms with Crippen LogP contribution in [0.4, 0.5) is 0 Å². The van der Waals surface area contributed by atoms with Gasteiger partial charge in [0, 0.05) is 22.7 Å². The number of aromatic hydroxyl groups is 1. The SMILES string of the molecule is Cc1cc(Cl)cc(CNC2(CO)CCCC2)c1O. The van der Waals surface area contributed by atoms with Crippen LogP contribution in [0.15, 0.2) is 12.1 Å². The number of rotatable bonds is 4. The van der Waals surface area contributed by atoms with E-state index in [-0.39, 0.29) is 17.9 Å². The van der Waals surface area contributed by atoms with Crippen LogP contribution < -0.4 is 5.32 Å². The lowest BCUT2D eigenvalue weighted by Crippen LogP contribution is -2.45. The molecule has 1 aliphatic rings. The van der Waals surface area contributed by atoms with E-state index in [2.05, 4.69) is 5.32 Å². The van der Waals surface area contributed by atoms with E-state index in [1.807, 2.05) is 6.92 Å². The highest BCUT2D eigenvalue weighted by Crippen LogP contribution is 2.31. The lowest BCUT2D eigenvalue weighted by molar-refractivity contribution is 0.162. The molecule has 0 bridgehead atoms. The second-order valence-electron chi connectivity index (χ2n) is 5.23. The molecule has 0 aliphatic heterocycles. The average molecular weight is 270 g/mol. The predicted octanol–water partition coefficient (Wildman–Crippen LogP) is 2.75. The zero-order valence-corrected chi connectivity index (χ0v) is 11.4. The number of hydrogen-bond acceptors (Lipinski definition) is 3. The Hall–Kier alpha value is -0.770. The Morgan fingerprint density at radius 2 is 2.00 bits per heavy atom. The molecule has 1 fully saturated rings. The lowest BCUT2D eigenvalue weighted by atomic mass is 9.98. The summed E-state index contributed by atoms with van der Waals surface area (Å²) in [7, 11) is 0. The van der Waals surface area contributed by atoms with E-state index >= 15 is 0 Å². The molecule has 0 unspecified atom stereocenters. The lowest BCUT2D eigenvalue weighted by Gasteiger charge is -2.28. The Morgan fingerprint density at radius 3 is 2.61 bits per heavy atom. The topological polar surface area (TPSA) is 52.5 Å². The molecule has 0 amide bonds. The average Bonchev–Trinajstić information content (AvgIpc) is 2.81. The maximum Gasteiger partial charge on any atom is 0.123 e. The normalized spacial score (nSPS) is 18.2. The molecule has 4 heteroatoms. The molecule has 1 saturated carbocycles. The van der Waals surface area contributed by atoms with Crippen molar-refractivity contribution >= 4 is 11.6 Å². The molecule has 0 spiro atoms. The van der Waals surface area contributed by atoms with Gasteiger partial charge < -0.3 is 15.5 Å². The van der Waals surface area contributed by atoms with Crippen molar-refractivity contribution in [2.75, 3.05) is 6.61 Å². The van der Waals surface area contributed by atoms with Crippen LogP contribution >= 0.6 is 11.6 Å². The first kappa shape index (κ1) is 13.7. The fourth-order valence-corrected chi connectivity index (χ4v) is 2.96. The number of phenols is 1. The number of benzene rings is 1. The summed E-state index contributed by atoms with van der Waals surface area (Å²) < 4.78 is 0. The first-order valence-electron chi connectivity index (χ1n) is 6.40. The summed E-state index contributed by atoms with van der Waals surface area (Å²) in [5.74, 6) is 0.290. The summed E-state index contributed by atoms with van der Waals surface area (Å²) in [5, 5.41) is 23.5. The monoisotopic (exact) mass is 269 g/mol. The molecular weight excluding hydrogens is 250 g/mol. The van der Waals surface area contributed by atoms with Gasteiger partial charge in [0.15, 0.2) is 0 Å². The number of aryl methyl sites for hydroxylation is 1. The molecule has 0 heterocycles. The van der Waals surface area contributed by atoms with E-state index in [9.17, 15) is 10.2 Å². The molecule has 100 valence electrons. The smallest absolute Gasteiger partial charge is 0.123 e. The highest BCUT2D eigenvalue weighted by Gasteiger charge is 2.32. The second-order valence-corrected chi connectivity index (χ2v) is 5.67. The summed E-state index contributed by atoms with van der Waals surface area (Å²) in [6, 6.07) is 3.52. The Morgan fingerprint density at radius 1 is 1.33 bits per heavy atom. The largest absolute Gasteiger partial charge is 0.507 e. The Bertz CT molecular complexity index is 428. The van der Waals surface area contributed by atoms with Crippen LogP contribution in [0.5, 0.6) is 5.75 Å². The van der Waals surface area contributed by atoms with E-state index in [0.717, 1.165) is 36.8 Å². The minimum Gasteiger partial charge on any atom is -0.507 e. The Balaban J connectivity index is 2.10. The number of phenolic OH excluding ortho intramolecular Hbond substituents is 1. The van der Waals surface area contributed by atoms with Gasteiger partial charge in [0.2, 0.25) is 0 Å². The van der Waals surface area contributed by atoms with Crippen molar-refractivity contribution in [2.24, 2.45) is 0 Å². The molecule has 1 aromatic rings. The molecule has 0 radical (unpaired) electrons. The van der Waals surface area contributed by atoms with E-state index in [1.54, 1.807) is 12.1 Å². The molecule has 0 atom stereocenters. The van der Waals surface area contributed by atoms with Crippen LogP contribution in [-0.2, 0) is 6.54 Å². The van der Waals surface area contributed by atoms with Crippen molar-refractivity contribution in [1.82, 2.24) is 5.32 Å². The van der Waals surface area contributed by atoms with Crippen LogP contribution in [0.2, 0.25) is 5.02 Å². The van der Waals surface area contributed by atoms with Gasteiger partial charge in [-0.3, -0.25) is 0 Å². The third kappa shape index (κ3) is 2.79. The van der Waals surface area contributed by atoms with Crippen molar-refractivity contribution in [3.8, 4) is 5.75 Å². The molecule has 2 rings (SSSR count). The first-order chi connectivity index (χ1) is 8.56. The van der Waals surface area contributed by atoms with Gasteiger partial charge in [-0.1, -0.05) is 24.4 Å². The van der Waals surface area contributed by atoms with Gasteiger partial charge in [-0.25, -0.2) is 0 Å². The fraction of sp³-hybridized carbons (Fsp3) is 0.571. The van der Waals surface area contributed by atoms with Crippen LogP contribution in [0.1, 0.15) is 36.8 Å². The molecule has 0 saturated heterocycles. The van der Waals surface area contributed by atoms with E-state index in [1.165, 1.54) is 0 Å². The van der Waals surface area contributed by atoms with E-state index in [0.29, 0.717) is 11.6 Å². The molecule has 3 nitrogen and oxygen atoms in total. The van der Waals surface area contributed by atoms with Crippen molar-refractivity contribution in [3.63, 3.8) is 0 Å². The van der Waals surface area contributed by atoms with Gasteiger partial charge in [-0.05, 0) is 37.5 Å². The summed E-state index contributed by atoms with van der Waals surface area (Å²) in [4.78, 5) is 0. The minimum absolute atomic E-state index is 0.146. The number of aliphatic hydroxyl groups excluding tert-OH is 1.